The maximum Gasteiger partial charge on any atom is 0.126 e. The Labute approximate surface area is 72.8 Å². The van der Waals surface area contributed by atoms with Crippen LogP contribution in [0.1, 0.15) is 24.5 Å². The van der Waals surface area contributed by atoms with Gasteiger partial charge < -0.3 is 5.73 Å². The van der Waals surface area contributed by atoms with Crippen LogP contribution in [0.15, 0.2) is 12.3 Å². The third-order valence-electron chi connectivity index (χ3n) is 2.64. The van der Waals surface area contributed by atoms with E-state index in [4.69, 9.17) is 5.73 Å². The minimum Gasteiger partial charge on any atom is -0.383 e. The second kappa shape index (κ2) is 2.77. The molecule has 2 N–H and O–H groups in total. The lowest BCUT2D eigenvalue weighted by Crippen LogP contribution is -2.13. The first-order chi connectivity index (χ1) is 5.77. The molecule has 2 rings (SSSR count). The molecule has 0 fully saturated rings. The fraction of sp³-hybridized carbons (Fsp3) is 0.500. The van der Waals surface area contributed by atoms with Crippen molar-refractivity contribution in [2.24, 2.45) is 5.92 Å². The van der Waals surface area contributed by atoms with Gasteiger partial charge in [-0.25, -0.2) is 4.98 Å². The molecule has 64 valence electrons. The molecule has 1 atom stereocenters. The number of aromatic nitrogens is 1. The number of rotatable bonds is 0. The van der Waals surface area contributed by atoms with Crippen LogP contribution in [0.4, 0.5) is 5.82 Å². The summed E-state index contributed by atoms with van der Waals surface area (Å²) in [5, 5.41) is 0. The number of anilines is 1. The molecule has 0 saturated carbocycles. The Balaban J connectivity index is 2.42. The van der Waals surface area contributed by atoms with Gasteiger partial charge in [-0.2, -0.15) is 0 Å². The summed E-state index contributed by atoms with van der Waals surface area (Å²) in [6.07, 6.45) is 5.34. The Morgan fingerprint density at radius 2 is 2.42 bits per heavy atom. The highest BCUT2D eigenvalue weighted by atomic mass is 14.8. The van der Waals surface area contributed by atoms with E-state index in [-0.39, 0.29) is 0 Å². The topological polar surface area (TPSA) is 38.9 Å². The molecule has 0 unspecified atom stereocenters. The van der Waals surface area contributed by atoms with E-state index in [0.717, 1.165) is 18.2 Å². The van der Waals surface area contributed by atoms with E-state index < -0.39 is 0 Å². The van der Waals surface area contributed by atoms with E-state index in [1.807, 2.05) is 6.20 Å². The molecular formula is C10H14N2. The molecule has 0 radical (unpaired) electrons. The lowest BCUT2D eigenvalue weighted by molar-refractivity contribution is 0.501. The maximum absolute atomic E-state index is 5.78. The molecule has 0 bridgehead atoms. The second-order valence-electron chi connectivity index (χ2n) is 3.68. The fourth-order valence-corrected chi connectivity index (χ4v) is 1.90. The molecule has 0 aliphatic heterocycles. The number of pyridine rings is 1. The van der Waals surface area contributed by atoms with E-state index in [1.54, 1.807) is 0 Å². The van der Waals surface area contributed by atoms with Gasteiger partial charge in [0.05, 0.1) is 0 Å². The molecule has 1 aliphatic carbocycles. The van der Waals surface area contributed by atoms with Crippen molar-refractivity contribution in [1.82, 2.24) is 4.98 Å². The number of nitrogen functional groups attached to an aromatic ring is 1. The van der Waals surface area contributed by atoms with Gasteiger partial charge in [0.1, 0.15) is 5.82 Å². The predicted molar refractivity (Wildman–Crippen MR) is 49.8 cm³/mol. The van der Waals surface area contributed by atoms with Gasteiger partial charge in [-0.15, -0.1) is 0 Å². The molecule has 0 aromatic carbocycles. The fourth-order valence-electron chi connectivity index (χ4n) is 1.90. The highest BCUT2D eigenvalue weighted by Gasteiger charge is 2.16. The molecule has 1 aliphatic rings. The number of fused-ring (bicyclic) bond motifs is 1. The van der Waals surface area contributed by atoms with E-state index in [9.17, 15) is 0 Å². The average Bonchev–Trinajstić information content (AvgIpc) is 2.04. The second-order valence-corrected chi connectivity index (χ2v) is 3.68. The first kappa shape index (κ1) is 7.59. The summed E-state index contributed by atoms with van der Waals surface area (Å²) in [4.78, 5) is 4.10. The minimum absolute atomic E-state index is 0.736. The van der Waals surface area contributed by atoms with Crippen molar-refractivity contribution in [3.8, 4) is 0 Å². The van der Waals surface area contributed by atoms with E-state index >= 15 is 0 Å². The number of hydrogen-bond donors (Lipinski definition) is 1. The summed E-state index contributed by atoms with van der Waals surface area (Å²) in [5.74, 6) is 1.54. The first-order valence-corrected chi connectivity index (χ1v) is 4.49. The van der Waals surface area contributed by atoms with Crippen LogP contribution in [0.2, 0.25) is 0 Å². The molecular weight excluding hydrogens is 148 g/mol. The van der Waals surface area contributed by atoms with Gasteiger partial charge in [0.2, 0.25) is 0 Å². The molecule has 0 amide bonds. The van der Waals surface area contributed by atoms with Gasteiger partial charge >= 0.3 is 0 Å². The largest absolute Gasteiger partial charge is 0.383 e. The predicted octanol–water partition coefficient (Wildman–Crippen LogP) is 1.79. The van der Waals surface area contributed by atoms with Gasteiger partial charge in [0.15, 0.2) is 0 Å². The summed E-state index contributed by atoms with van der Waals surface area (Å²) in [5.41, 5.74) is 8.47. The molecule has 1 aromatic rings. The Morgan fingerprint density at radius 1 is 1.58 bits per heavy atom. The highest BCUT2D eigenvalue weighted by Crippen LogP contribution is 2.27. The Bertz CT molecular complexity index is 294. The van der Waals surface area contributed by atoms with Crippen LogP contribution in [0, 0.1) is 5.92 Å². The van der Waals surface area contributed by atoms with E-state index in [2.05, 4.69) is 18.0 Å². The van der Waals surface area contributed by atoms with Crippen molar-refractivity contribution in [2.45, 2.75) is 26.2 Å². The van der Waals surface area contributed by atoms with E-state index in [0.29, 0.717) is 0 Å². The van der Waals surface area contributed by atoms with Crippen LogP contribution in [0.5, 0.6) is 0 Å². The molecule has 1 heterocycles. The molecule has 1 aromatic heterocycles. The van der Waals surface area contributed by atoms with Gasteiger partial charge in [-0.3, -0.25) is 0 Å². The molecule has 0 spiro atoms. The van der Waals surface area contributed by atoms with E-state index in [1.165, 1.54) is 24.0 Å². The Hall–Kier alpha value is -1.05. The monoisotopic (exact) mass is 162 g/mol. The zero-order valence-corrected chi connectivity index (χ0v) is 7.38. The smallest absolute Gasteiger partial charge is 0.126 e. The minimum atomic E-state index is 0.736. The van der Waals surface area contributed by atoms with Crippen molar-refractivity contribution in [3.05, 3.63) is 23.4 Å². The number of hydrogen-bond acceptors (Lipinski definition) is 2. The summed E-state index contributed by atoms with van der Waals surface area (Å²) >= 11 is 0. The Morgan fingerprint density at radius 3 is 3.25 bits per heavy atom. The van der Waals surface area contributed by atoms with Crippen LogP contribution in [-0.4, -0.2) is 4.98 Å². The molecule has 0 saturated heterocycles. The quantitative estimate of drug-likeness (QED) is 0.631. The third kappa shape index (κ3) is 1.17. The van der Waals surface area contributed by atoms with Crippen LogP contribution in [0.25, 0.3) is 0 Å². The Kier molecular flexibility index (Phi) is 1.75. The summed E-state index contributed by atoms with van der Waals surface area (Å²) < 4.78 is 0. The van der Waals surface area contributed by atoms with Crippen LogP contribution >= 0.6 is 0 Å². The lowest BCUT2D eigenvalue weighted by Gasteiger charge is -2.21. The summed E-state index contributed by atoms with van der Waals surface area (Å²) in [6, 6.07) is 2.10. The van der Waals surface area contributed by atoms with Gasteiger partial charge in [0, 0.05) is 6.20 Å². The number of nitrogens with two attached hydrogens (primary N) is 1. The van der Waals surface area contributed by atoms with Crippen molar-refractivity contribution in [3.63, 3.8) is 0 Å². The molecule has 2 nitrogen and oxygen atoms in total. The third-order valence-corrected chi connectivity index (χ3v) is 2.64. The zero-order chi connectivity index (χ0) is 8.55. The van der Waals surface area contributed by atoms with Crippen molar-refractivity contribution in [2.75, 3.05) is 5.73 Å². The maximum atomic E-state index is 5.78. The van der Waals surface area contributed by atoms with Gasteiger partial charge in [-0.1, -0.05) is 6.92 Å². The molecule has 12 heavy (non-hydrogen) atoms. The lowest BCUT2D eigenvalue weighted by atomic mass is 9.86. The van der Waals surface area contributed by atoms with Gasteiger partial charge in [-0.05, 0) is 42.4 Å². The summed E-state index contributed by atoms with van der Waals surface area (Å²) in [7, 11) is 0. The average molecular weight is 162 g/mol. The standard InChI is InChI=1S/C10H14N2/c1-7-2-3-9-8(6-7)4-5-12-10(9)11/h4-5,7H,2-3,6H2,1H3,(H2,11,12)/t7-/m0/s1. The van der Waals surface area contributed by atoms with Crippen molar-refractivity contribution in [1.29, 1.82) is 0 Å². The zero-order valence-electron chi connectivity index (χ0n) is 7.38. The normalized spacial score (nSPS) is 21.9. The summed E-state index contributed by atoms with van der Waals surface area (Å²) in [6.45, 7) is 2.29. The van der Waals surface area contributed by atoms with Crippen molar-refractivity contribution >= 4 is 5.82 Å². The van der Waals surface area contributed by atoms with Crippen LogP contribution in [0.3, 0.4) is 0 Å². The van der Waals surface area contributed by atoms with Crippen molar-refractivity contribution < 1.29 is 0 Å². The van der Waals surface area contributed by atoms with Crippen LogP contribution < -0.4 is 5.73 Å². The number of nitrogens with zero attached hydrogens (tertiary/aromatic N) is 1. The highest BCUT2D eigenvalue weighted by molar-refractivity contribution is 5.45. The van der Waals surface area contributed by atoms with Crippen LogP contribution in [-0.2, 0) is 12.8 Å². The van der Waals surface area contributed by atoms with Gasteiger partial charge in [0.25, 0.3) is 0 Å². The molecule has 2 heteroatoms. The first-order valence-electron chi connectivity index (χ1n) is 4.49. The SMILES string of the molecule is C[C@H]1CCc2c(ccnc2N)C1.